The lowest BCUT2D eigenvalue weighted by atomic mass is 10.0. The molecule has 96 valence electrons. The Hall–Kier alpha value is -1.02. The third kappa shape index (κ3) is 4.78. The van der Waals surface area contributed by atoms with E-state index in [1.54, 1.807) is 0 Å². The fourth-order valence-corrected chi connectivity index (χ4v) is 2.17. The van der Waals surface area contributed by atoms with Crippen LogP contribution in [0.3, 0.4) is 0 Å². The molecule has 0 aliphatic carbocycles. The average molecular weight is 234 g/mol. The van der Waals surface area contributed by atoms with Crippen LogP contribution >= 0.6 is 0 Å². The molecule has 1 rings (SSSR count). The van der Waals surface area contributed by atoms with Gasteiger partial charge in [0.15, 0.2) is 0 Å². The quantitative estimate of drug-likeness (QED) is 0.731. The van der Waals surface area contributed by atoms with Crippen molar-refractivity contribution in [2.45, 2.75) is 40.2 Å². The van der Waals surface area contributed by atoms with Crippen LogP contribution in [0.4, 0.5) is 5.69 Å². The van der Waals surface area contributed by atoms with Gasteiger partial charge in [-0.15, -0.1) is 0 Å². The Balaban J connectivity index is 2.57. The van der Waals surface area contributed by atoms with E-state index in [1.807, 2.05) is 12.1 Å². The summed E-state index contributed by atoms with van der Waals surface area (Å²) in [5.74, 6) is 0.816. The maximum Gasteiger partial charge on any atom is 0.0317 e. The van der Waals surface area contributed by atoms with E-state index in [4.69, 9.17) is 5.73 Å². The Morgan fingerprint density at radius 1 is 1.18 bits per heavy atom. The van der Waals surface area contributed by atoms with Crippen molar-refractivity contribution >= 4 is 5.69 Å². The molecule has 0 saturated carbocycles. The fraction of sp³-hybridized carbons (Fsp3) is 0.600. The second-order valence-corrected chi connectivity index (χ2v) is 4.76. The summed E-state index contributed by atoms with van der Waals surface area (Å²) >= 11 is 0. The first-order valence-electron chi connectivity index (χ1n) is 6.76. The molecule has 0 atom stereocenters. The number of rotatable bonds is 7. The molecule has 0 amide bonds. The molecule has 0 bridgehead atoms. The van der Waals surface area contributed by atoms with E-state index in [0.29, 0.717) is 0 Å². The molecule has 0 aromatic heterocycles. The standard InChI is InChI=1S/C15H26N2/c1-4-13(5-2)11-17(6-3)12-14-8-7-9-15(16)10-14/h7-10,13H,4-6,11-12,16H2,1-3H3. The molecule has 0 spiro atoms. The predicted molar refractivity (Wildman–Crippen MR) is 75.9 cm³/mol. The molecule has 0 heterocycles. The van der Waals surface area contributed by atoms with Gasteiger partial charge in [0, 0.05) is 18.8 Å². The zero-order valence-electron chi connectivity index (χ0n) is 11.4. The van der Waals surface area contributed by atoms with Crippen LogP contribution in [0.5, 0.6) is 0 Å². The summed E-state index contributed by atoms with van der Waals surface area (Å²) in [5.41, 5.74) is 7.99. The summed E-state index contributed by atoms with van der Waals surface area (Å²) in [6.07, 6.45) is 2.54. The number of hydrogen-bond acceptors (Lipinski definition) is 2. The Kier molecular flexibility index (Phi) is 6.06. The minimum absolute atomic E-state index is 0.816. The summed E-state index contributed by atoms with van der Waals surface area (Å²) in [7, 11) is 0. The smallest absolute Gasteiger partial charge is 0.0317 e. The SMILES string of the molecule is CCC(CC)CN(CC)Cc1cccc(N)c1. The zero-order valence-corrected chi connectivity index (χ0v) is 11.4. The van der Waals surface area contributed by atoms with Crippen LogP contribution in [0.2, 0.25) is 0 Å². The van der Waals surface area contributed by atoms with Crippen molar-refractivity contribution in [1.82, 2.24) is 4.90 Å². The van der Waals surface area contributed by atoms with Crippen molar-refractivity contribution in [3.63, 3.8) is 0 Å². The number of nitrogens with two attached hydrogens (primary N) is 1. The van der Waals surface area contributed by atoms with Crippen LogP contribution in [0, 0.1) is 5.92 Å². The van der Waals surface area contributed by atoms with E-state index in [1.165, 1.54) is 24.9 Å². The number of hydrogen-bond donors (Lipinski definition) is 1. The largest absolute Gasteiger partial charge is 0.399 e. The lowest BCUT2D eigenvalue weighted by molar-refractivity contribution is 0.226. The molecule has 0 unspecified atom stereocenters. The number of anilines is 1. The van der Waals surface area contributed by atoms with Crippen molar-refractivity contribution in [1.29, 1.82) is 0 Å². The van der Waals surface area contributed by atoms with Crippen molar-refractivity contribution in [2.75, 3.05) is 18.8 Å². The van der Waals surface area contributed by atoms with E-state index >= 15 is 0 Å². The Morgan fingerprint density at radius 3 is 2.41 bits per heavy atom. The first kappa shape index (κ1) is 14.0. The molecule has 2 N–H and O–H groups in total. The van der Waals surface area contributed by atoms with Gasteiger partial charge in [-0.2, -0.15) is 0 Å². The molecule has 0 saturated heterocycles. The van der Waals surface area contributed by atoms with Gasteiger partial charge < -0.3 is 5.73 Å². The molecule has 2 nitrogen and oxygen atoms in total. The van der Waals surface area contributed by atoms with E-state index in [9.17, 15) is 0 Å². The first-order valence-corrected chi connectivity index (χ1v) is 6.76. The highest BCUT2D eigenvalue weighted by atomic mass is 15.1. The summed E-state index contributed by atoms with van der Waals surface area (Å²) in [5, 5.41) is 0. The molecule has 0 fully saturated rings. The normalized spacial score (nSPS) is 11.4. The third-order valence-corrected chi connectivity index (χ3v) is 3.48. The van der Waals surface area contributed by atoms with E-state index in [2.05, 4.69) is 37.8 Å². The van der Waals surface area contributed by atoms with Crippen LogP contribution in [-0.2, 0) is 6.54 Å². The van der Waals surface area contributed by atoms with Gasteiger partial charge in [-0.3, -0.25) is 4.90 Å². The zero-order chi connectivity index (χ0) is 12.7. The van der Waals surface area contributed by atoms with Gasteiger partial charge in [0.1, 0.15) is 0 Å². The molecule has 0 aliphatic rings. The minimum Gasteiger partial charge on any atom is -0.399 e. The van der Waals surface area contributed by atoms with Gasteiger partial charge in [0.25, 0.3) is 0 Å². The van der Waals surface area contributed by atoms with Crippen LogP contribution in [0.25, 0.3) is 0 Å². The van der Waals surface area contributed by atoms with Gasteiger partial charge in [-0.25, -0.2) is 0 Å². The van der Waals surface area contributed by atoms with E-state index in [0.717, 1.165) is 24.7 Å². The summed E-state index contributed by atoms with van der Waals surface area (Å²) in [4.78, 5) is 2.51. The maximum atomic E-state index is 5.81. The van der Waals surface area contributed by atoms with Crippen LogP contribution in [0.1, 0.15) is 39.2 Å². The molecule has 0 aliphatic heterocycles. The van der Waals surface area contributed by atoms with Gasteiger partial charge >= 0.3 is 0 Å². The van der Waals surface area contributed by atoms with Crippen LogP contribution < -0.4 is 5.73 Å². The Bertz CT molecular complexity index is 318. The Labute approximate surface area is 106 Å². The maximum absolute atomic E-state index is 5.81. The molecular weight excluding hydrogens is 208 g/mol. The number of benzene rings is 1. The van der Waals surface area contributed by atoms with Crippen molar-refractivity contribution in [3.8, 4) is 0 Å². The van der Waals surface area contributed by atoms with Gasteiger partial charge in [-0.1, -0.05) is 45.7 Å². The predicted octanol–water partition coefficient (Wildman–Crippen LogP) is 3.53. The molecule has 17 heavy (non-hydrogen) atoms. The highest BCUT2D eigenvalue weighted by Crippen LogP contribution is 2.14. The van der Waals surface area contributed by atoms with Crippen molar-refractivity contribution < 1.29 is 0 Å². The van der Waals surface area contributed by atoms with E-state index < -0.39 is 0 Å². The Morgan fingerprint density at radius 2 is 1.88 bits per heavy atom. The second-order valence-electron chi connectivity index (χ2n) is 4.76. The van der Waals surface area contributed by atoms with Gasteiger partial charge in [-0.05, 0) is 30.2 Å². The lowest BCUT2D eigenvalue weighted by Crippen LogP contribution is -2.28. The van der Waals surface area contributed by atoms with Crippen molar-refractivity contribution in [3.05, 3.63) is 29.8 Å². The third-order valence-electron chi connectivity index (χ3n) is 3.48. The van der Waals surface area contributed by atoms with Crippen LogP contribution in [0.15, 0.2) is 24.3 Å². The molecule has 0 radical (unpaired) electrons. The highest BCUT2D eigenvalue weighted by Gasteiger charge is 2.10. The lowest BCUT2D eigenvalue weighted by Gasteiger charge is -2.25. The molecule has 1 aromatic rings. The molecule has 2 heteroatoms. The summed E-state index contributed by atoms with van der Waals surface area (Å²) < 4.78 is 0. The van der Waals surface area contributed by atoms with Gasteiger partial charge in [0.2, 0.25) is 0 Å². The molecule has 1 aromatic carbocycles. The minimum atomic E-state index is 0.816. The monoisotopic (exact) mass is 234 g/mol. The number of nitrogen functional groups attached to an aromatic ring is 1. The van der Waals surface area contributed by atoms with E-state index in [-0.39, 0.29) is 0 Å². The number of nitrogens with zero attached hydrogens (tertiary/aromatic N) is 1. The first-order chi connectivity index (χ1) is 8.19. The average Bonchev–Trinajstić information content (AvgIpc) is 2.34. The van der Waals surface area contributed by atoms with Crippen LogP contribution in [-0.4, -0.2) is 18.0 Å². The fourth-order valence-electron chi connectivity index (χ4n) is 2.17. The highest BCUT2D eigenvalue weighted by molar-refractivity contribution is 5.40. The summed E-state index contributed by atoms with van der Waals surface area (Å²) in [6.45, 7) is 10.1. The second kappa shape index (κ2) is 7.33. The van der Waals surface area contributed by atoms with Gasteiger partial charge in [0.05, 0.1) is 0 Å². The topological polar surface area (TPSA) is 29.3 Å². The molecular formula is C15H26N2. The van der Waals surface area contributed by atoms with Crippen molar-refractivity contribution in [2.24, 2.45) is 5.92 Å². The summed E-state index contributed by atoms with van der Waals surface area (Å²) in [6, 6.07) is 8.22.